The number of amides is 1. The molecule has 1 fully saturated rings. The molecule has 3 rings (SSSR count). The van der Waals surface area contributed by atoms with Gasteiger partial charge in [0.2, 0.25) is 5.91 Å². The van der Waals surface area contributed by atoms with E-state index in [0.29, 0.717) is 24.9 Å². The fourth-order valence-corrected chi connectivity index (χ4v) is 3.49. The topological polar surface area (TPSA) is 59.0 Å². The Morgan fingerprint density at radius 2 is 2.00 bits per heavy atom. The Labute approximate surface area is 159 Å². The van der Waals surface area contributed by atoms with Crippen LogP contribution in [0.25, 0.3) is 0 Å². The van der Waals surface area contributed by atoms with Gasteiger partial charge < -0.3 is 10.6 Å². The monoisotopic (exact) mass is 380 g/mol. The zero-order valence-corrected chi connectivity index (χ0v) is 16.0. The Kier molecular flexibility index (Phi) is 6.42. The second-order valence-corrected chi connectivity index (χ2v) is 7.28. The minimum atomic E-state index is -0.680. The first-order chi connectivity index (χ1) is 12.0. The van der Waals surface area contributed by atoms with Gasteiger partial charge in [0.25, 0.3) is 0 Å². The molecule has 0 bridgehead atoms. The molecule has 2 aromatic rings. The number of rotatable bonds is 5. The van der Waals surface area contributed by atoms with Gasteiger partial charge in [0.05, 0.1) is 0 Å². The first-order valence-electron chi connectivity index (χ1n) is 8.70. The third kappa shape index (κ3) is 3.91. The molecule has 7 heteroatoms. The van der Waals surface area contributed by atoms with Crippen LogP contribution in [-0.4, -0.2) is 35.3 Å². The number of hydrogen-bond donors (Lipinski definition) is 2. The summed E-state index contributed by atoms with van der Waals surface area (Å²) in [5.74, 6) is -0.299. The van der Waals surface area contributed by atoms with Gasteiger partial charge >= 0.3 is 0 Å². The van der Waals surface area contributed by atoms with Crippen molar-refractivity contribution in [2.75, 3.05) is 19.6 Å². The summed E-state index contributed by atoms with van der Waals surface area (Å²) in [4.78, 5) is 13.1. The maximum absolute atomic E-state index is 14.1. The highest BCUT2D eigenvalue weighted by molar-refractivity contribution is 5.85. The van der Waals surface area contributed by atoms with Crippen LogP contribution in [0.3, 0.4) is 0 Å². The molecule has 142 valence electrons. The summed E-state index contributed by atoms with van der Waals surface area (Å²) in [7, 11) is 0. The molecule has 1 aromatic carbocycles. The van der Waals surface area contributed by atoms with E-state index in [4.69, 9.17) is 0 Å². The van der Waals surface area contributed by atoms with Gasteiger partial charge in [-0.1, -0.05) is 32.0 Å². The molecule has 0 aliphatic carbocycles. The number of nitrogens with zero attached hydrogens (tertiary/aromatic N) is 2. The Bertz CT molecular complexity index is 727. The number of halogens is 2. The van der Waals surface area contributed by atoms with Gasteiger partial charge in [-0.2, -0.15) is 5.10 Å². The van der Waals surface area contributed by atoms with Crippen LogP contribution in [0.4, 0.5) is 4.39 Å². The van der Waals surface area contributed by atoms with Crippen molar-refractivity contribution in [3.8, 4) is 0 Å². The molecule has 1 aromatic heterocycles. The van der Waals surface area contributed by atoms with Gasteiger partial charge in [-0.3, -0.25) is 9.48 Å². The van der Waals surface area contributed by atoms with E-state index in [1.54, 1.807) is 23.0 Å². The fraction of sp³-hybridized carbons (Fsp3) is 0.474. The van der Waals surface area contributed by atoms with Gasteiger partial charge in [0.1, 0.15) is 11.4 Å². The molecule has 0 saturated carbocycles. The zero-order valence-electron chi connectivity index (χ0n) is 15.2. The lowest BCUT2D eigenvalue weighted by molar-refractivity contribution is -0.132. The van der Waals surface area contributed by atoms with E-state index in [1.165, 1.54) is 6.07 Å². The van der Waals surface area contributed by atoms with Crippen LogP contribution in [0.2, 0.25) is 0 Å². The highest BCUT2D eigenvalue weighted by Crippen LogP contribution is 2.29. The van der Waals surface area contributed by atoms with Gasteiger partial charge in [0.15, 0.2) is 0 Å². The van der Waals surface area contributed by atoms with Gasteiger partial charge in [-0.25, -0.2) is 4.39 Å². The highest BCUT2D eigenvalue weighted by Gasteiger charge is 2.42. The van der Waals surface area contributed by atoms with Crippen LogP contribution in [-0.2, 0) is 15.7 Å². The minimum Gasteiger partial charge on any atom is -0.353 e. The molecule has 2 heterocycles. The van der Waals surface area contributed by atoms with Crippen LogP contribution in [0, 0.1) is 5.82 Å². The molecule has 0 atom stereocenters. The van der Waals surface area contributed by atoms with E-state index >= 15 is 0 Å². The van der Waals surface area contributed by atoms with Crippen molar-refractivity contribution < 1.29 is 9.18 Å². The smallest absolute Gasteiger partial charge is 0.248 e. The number of carbonyl (C=O) groups is 1. The van der Waals surface area contributed by atoms with Crippen LogP contribution < -0.4 is 10.6 Å². The first kappa shape index (κ1) is 20.4. The molecule has 1 aliphatic heterocycles. The lowest BCUT2D eigenvalue weighted by Gasteiger charge is -2.37. The average molecular weight is 381 g/mol. The van der Waals surface area contributed by atoms with E-state index in [9.17, 15) is 9.18 Å². The van der Waals surface area contributed by atoms with E-state index in [1.807, 2.05) is 32.2 Å². The molecule has 26 heavy (non-hydrogen) atoms. The summed E-state index contributed by atoms with van der Waals surface area (Å²) in [6.07, 6.45) is 4.90. The van der Waals surface area contributed by atoms with Crippen molar-refractivity contribution in [1.29, 1.82) is 0 Å². The summed E-state index contributed by atoms with van der Waals surface area (Å²) in [6.45, 7) is 5.78. The third-order valence-electron chi connectivity index (χ3n) is 5.09. The normalized spacial score (nSPS) is 16.6. The molecule has 0 radical (unpaired) electrons. The standard InChI is InChI=1S/C19H25FN4O.ClH/c1-18(2,15-6-3-4-7-16(15)20)14-22-17(25)19(8-11-21-12-9-19)24-13-5-10-23-24;/h3-7,10,13,21H,8-9,11-12,14H2,1-2H3,(H,22,25);1H. The van der Waals surface area contributed by atoms with Crippen molar-refractivity contribution in [3.05, 3.63) is 54.1 Å². The van der Waals surface area contributed by atoms with Crippen molar-refractivity contribution in [3.63, 3.8) is 0 Å². The Morgan fingerprint density at radius 3 is 2.62 bits per heavy atom. The number of hydrogen-bond acceptors (Lipinski definition) is 3. The summed E-state index contributed by atoms with van der Waals surface area (Å²) < 4.78 is 15.9. The molecule has 2 N–H and O–H groups in total. The predicted molar refractivity (Wildman–Crippen MR) is 102 cm³/mol. The minimum absolute atomic E-state index is 0. The molecule has 1 saturated heterocycles. The van der Waals surface area contributed by atoms with Crippen LogP contribution >= 0.6 is 12.4 Å². The van der Waals surface area contributed by atoms with Crippen LogP contribution in [0.1, 0.15) is 32.3 Å². The fourth-order valence-electron chi connectivity index (χ4n) is 3.49. The predicted octanol–water partition coefficient (Wildman–Crippen LogP) is 2.62. The SMILES string of the molecule is CC(C)(CNC(=O)C1(n2cccn2)CCNCC1)c1ccccc1F.Cl. The second-order valence-electron chi connectivity index (χ2n) is 7.28. The van der Waals surface area contributed by atoms with Crippen LogP contribution in [0.5, 0.6) is 0 Å². The lowest BCUT2D eigenvalue weighted by Crippen LogP contribution is -2.56. The van der Waals surface area contributed by atoms with Crippen molar-refractivity contribution in [2.24, 2.45) is 0 Å². The van der Waals surface area contributed by atoms with Crippen molar-refractivity contribution in [2.45, 2.75) is 37.6 Å². The number of carbonyl (C=O) groups excluding carboxylic acids is 1. The van der Waals surface area contributed by atoms with Crippen LogP contribution in [0.15, 0.2) is 42.7 Å². The molecule has 1 aliphatic rings. The molecule has 0 spiro atoms. The number of nitrogens with one attached hydrogen (secondary N) is 2. The quantitative estimate of drug-likeness (QED) is 0.838. The highest BCUT2D eigenvalue weighted by atomic mass is 35.5. The molecular weight excluding hydrogens is 355 g/mol. The average Bonchev–Trinajstić information content (AvgIpc) is 3.16. The number of benzene rings is 1. The maximum Gasteiger partial charge on any atom is 0.248 e. The summed E-state index contributed by atoms with van der Waals surface area (Å²) >= 11 is 0. The Balaban J connectivity index is 0.00000243. The molecule has 0 unspecified atom stereocenters. The Hall–Kier alpha value is -1.92. The molecular formula is C19H26ClFN4O. The lowest BCUT2D eigenvalue weighted by atomic mass is 9.83. The van der Waals surface area contributed by atoms with E-state index in [2.05, 4.69) is 15.7 Å². The second kappa shape index (κ2) is 8.18. The summed E-state index contributed by atoms with van der Waals surface area (Å²) in [5, 5.41) is 10.7. The first-order valence-corrected chi connectivity index (χ1v) is 8.70. The van der Waals surface area contributed by atoms with Gasteiger partial charge in [0, 0.05) is 24.4 Å². The summed E-state index contributed by atoms with van der Waals surface area (Å²) in [6, 6.07) is 8.56. The number of piperidine rings is 1. The van der Waals surface area contributed by atoms with E-state index in [0.717, 1.165) is 13.1 Å². The van der Waals surface area contributed by atoms with Gasteiger partial charge in [-0.15, -0.1) is 12.4 Å². The largest absolute Gasteiger partial charge is 0.353 e. The van der Waals surface area contributed by atoms with E-state index in [-0.39, 0.29) is 24.1 Å². The molecule has 5 nitrogen and oxygen atoms in total. The molecule has 1 amide bonds. The zero-order chi connectivity index (χ0) is 17.9. The van der Waals surface area contributed by atoms with Gasteiger partial charge in [-0.05, 0) is 43.6 Å². The third-order valence-corrected chi connectivity index (χ3v) is 5.09. The summed E-state index contributed by atoms with van der Waals surface area (Å²) in [5.41, 5.74) is -0.576. The maximum atomic E-state index is 14.1. The van der Waals surface area contributed by atoms with E-state index < -0.39 is 11.0 Å². The number of aromatic nitrogens is 2. The van der Waals surface area contributed by atoms with Crippen molar-refractivity contribution in [1.82, 2.24) is 20.4 Å². The Morgan fingerprint density at radius 1 is 1.31 bits per heavy atom. The van der Waals surface area contributed by atoms with Crippen molar-refractivity contribution >= 4 is 18.3 Å².